The fourth-order valence-electron chi connectivity index (χ4n) is 2.00. The van der Waals surface area contributed by atoms with Gasteiger partial charge in [-0.3, -0.25) is 4.79 Å². The van der Waals surface area contributed by atoms with Crippen molar-refractivity contribution < 1.29 is 55.2 Å². The summed E-state index contributed by atoms with van der Waals surface area (Å²) in [5, 5.41) is 12.5. The first kappa shape index (κ1) is 18.6. The fourth-order valence-corrected chi connectivity index (χ4v) is 2.55. The minimum absolute atomic E-state index is 0. The maximum atomic E-state index is 11.7. The quantitative estimate of drug-likeness (QED) is 0.306. The summed E-state index contributed by atoms with van der Waals surface area (Å²) in [7, 11) is -4.49. The number of hydrogen-bond donors (Lipinski definition) is 2. The van der Waals surface area contributed by atoms with Crippen LogP contribution in [0.1, 0.15) is 40.0 Å². The number of aliphatic hydroxyl groups is 1. The van der Waals surface area contributed by atoms with Crippen LogP contribution >= 0.6 is 7.60 Å². The summed E-state index contributed by atoms with van der Waals surface area (Å²) in [6, 6.07) is 0. The Morgan fingerprint density at radius 2 is 1.89 bits per heavy atom. The van der Waals surface area contributed by atoms with E-state index in [1.807, 2.05) is 0 Å². The molecule has 1 rings (SSSR count). The third-order valence-corrected chi connectivity index (χ3v) is 3.86. The summed E-state index contributed by atoms with van der Waals surface area (Å²) in [5.41, 5.74) is -1.31. The van der Waals surface area contributed by atoms with Gasteiger partial charge in [-0.2, -0.15) is 0 Å². The van der Waals surface area contributed by atoms with Crippen LogP contribution in [0, 0.1) is 0 Å². The zero-order chi connectivity index (χ0) is 12.9. The van der Waals surface area contributed by atoms with E-state index in [9.17, 15) is 24.3 Å². The molecule has 0 aromatic heterocycles. The number of amides is 1. The monoisotopic (exact) mass is 287 g/mol. The van der Waals surface area contributed by atoms with Crippen molar-refractivity contribution in [1.29, 1.82) is 0 Å². The molecular formula is C10H19NNaO5P. The number of carbonyl (C=O) groups is 1. The van der Waals surface area contributed by atoms with E-state index in [2.05, 4.69) is 5.32 Å². The van der Waals surface area contributed by atoms with Gasteiger partial charge in [-0.15, -0.1) is 0 Å². The first-order valence-electron chi connectivity index (χ1n) is 5.85. The molecular weight excluding hydrogens is 268 g/mol. The SMILES string of the molecule is O=C(NCCCP(=O)([O-])[O-])C1(O)CCCCC1.[H+].[Na+]. The molecule has 0 bridgehead atoms. The first-order valence-corrected chi connectivity index (χ1v) is 7.58. The summed E-state index contributed by atoms with van der Waals surface area (Å²) in [6.45, 7) is 0.107. The maximum Gasteiger partial charge on any atom is 1.00 e. The number of carbonyl (C=O) groups excluding carboxylic acids is 1. The van der Waals surface area contributed by atoms with Crippen molar-refractivity contribution in [2.24, 2.45) is 0 Å². The van der Waals surface area contributed by atoms with E-state index in [-0.39, 0.29) is 43.9 Å². The molecule has 0 spiro atoms. The van der Waals surface area contributed by atoms with Gasteiger partial charge in [0.25, 0.3) is 5.91 Å². The number of rotatable bonds is 5. The van der Waals surface area contributed by atoms with Crippen molar-refractivity contribution in [3.63, 3.8) is 0 Å². The Hall–Kier alpha value is 0.580. The molecule has 2 N–H and O–H groups in total. The molecule has 1 saturated carbocycles. The van der Waals surface area contributed by atoms with Gasteiger partial charge in [0.05, 0.1) is 0 Å². The molecule has 0 atom stereocenters. The third kappa shape index (κ3) is 6.66. The van der Waals surface area contributed by atoms with E-state index in [4.69, 9.17) is 0 Å². The first-order chi connectivity index (χ1) is 7.83. The maximum absolute atomic E-state index is 11.7. The van der Waals surface area contributed by atoms with Gasteiger partial charge in [0, 0.05) is 6.54 Å². The van der Waals surface area contributed by atoms with Crippen LogP contribution in [0.2, 0.25) is 0 Å². The van der Waals surface area contributed by atoms with Gasteiger partial charge in [-0.1, -0.05) is 26.9 Å². The molecule has 8 heteroatoms. The van der Waals surface area contributed by atoms with E-state index in [0.29, 0.717) is 12.8 Å². The Balaban J connectivity index is 0. The average Bonchev–Trinajstić information content (AvgIpc) is 2.24. The number of hydrogen-bond acceptors (Lipinski definition) is 5. The molecule has 1 amide bonds. The van der Waals surface area contributed by atoms with Crippen molar-refractivity contribution in [1.82, 2.24) is 5.32 Å². The minimum atomic E-state index is -4.49. The predicted octanol–water partition coefficient (Wildman–Crippen LogP) is -3.78. The van der Waals surface area contributed by atoms with Gasteiger partial charge in [-0.25, -0.2) is 0 Å². The average molecular weight is 287 g/mol. The molecule has 0 aromatic rings. The van der Waals surface area contributed by atoms with Crippen LogP contribution in [0.25, 0.3) is 0 Å². The van der Waals surface area contributed by atoms with E-state index >= 15 is 0 Å². The number of nitrogens with one attached hydrogen (secondary N) is 1. The Morgan fingerprint density at radius 3 is 2.39 bits per heavy atom. The zero-order valence-electron chi connectivity index (χ0n) is 11.7. The van der Waals surface area contributed by atoms with Crippen molar-refractivity contribution in [2.45, 2.75) is 44.1 Å². The van der Waals surface area contributed by atoms with Gasteiger partial charge in [0.1, 0.15) is 5.60 Å². The van der Waals surface area contributed by atoms with Crippen LogP contribution < -0.4 is 44.7 Å². The second-order valence-corrected chi connectivity index (χ2v) is 6.21. The molecule has 6 nitrogen and oxygen atoms in total. The summed E-state index contributed by atoms with van der Waals surface area (Å²) >= 11 is 0. The summed E-state index contributed by atoms with van der Waals surface area (Å²) in [4.78, 5) is 32.4. The standard InChI is InChI=1S/C10H20NO5P.Na/c12-9(10(13)5-2-1-3-6-10)11-7-4-8-17(14,15)16;/h13H,1-8H2,(H,11,12)(H2,14,15,16);/q;+1/p-1. The van der Waals surface area contributed by atoms with Gasteiger partial charge < -0.3 is 24.8 Å². The van der Waals surface area contributed by atoms with E-state index < -0.39 is 25.3 Å². The van der Waals surface area contributed by atoms with E-state index in [0.717, 1.165) is 19.3 Å². The Bertz CT molecular complexity index is 319. The van der Waals surface area contributed by atoms with Gasteiger partial charge in [-0.05, 0) is 25.4 Å². The van der Waals surface area contributed by atoms with Crippen LogP contribution in [-0.2, 0) is 9.36 Å². The Morgan fingerprint density at radius 1 is 1.33 bits per heavy atom. The molecule has 100 valence electrons. The van der Waals surface area contributed by atoms with Crippen molar-refractivity contribution in [3.05, 3.63) is 0 Å². The molecule has 18 heavy (non-hydrogen) atoms. The predicted molar refractivity (Wildman–Crippen MR) is 59.2 cm³/mol. The van der Waals surface area contributed by atoms with Crippen LogP contribution in [0.5, 0.6) is 0 Å². The summed E-state index contributed by atoms with van der Waals surface area (Å²) in [5.74, 6) is -0.455. The smallest absolute Gasteiger partial charge is 0.811 e. The summed E-state index contributed by atoms with van der Waals surface area (Å²) < 4.78 is 10.4. The van der Waals surface area contributed by atoms with Crippen LogP contribution in [0.4, 0.5) is 0 Å². The normalized spacial score (nSPS) is 18.8. The molecule has 0 aliphatic heterocycles. The fraction of sp³-hybridized carbons (Fsp3) is 0.900. The van der Waals surface area contributed by atoms with Crippen molar-refractivity contribution in [3.8, 4) is 0 Å². The second kappa shape index (κ2) is 8.00. The third-order valence-electron chi connectivity index (χ3n) is 3.00. The molecule has 1 fully saturated rings. The summed E-state index contributed by atoms with van der Waals surface area (Å²) in [6.07, 6.45) is 3.17. The molecule has 1 aliphatic rings. The van der Waals surface area contributed by atoms with Gasteiger partial charge >= 0.3 is 31.0 Å². The van der Waals surface area contributed by atoms with Crippen molar-refractivity contribution >= 4 is 13.5 Å². The van der Waals surface area contributed by atoms with E-state index in [1.165, 1.54) is 0 Å². The molecule has 0 heterocycles. The molecule has 0 saturated heterocycles. The largest absolute Gasteiger partial charge is 1.00 e. The second-order valence-electron chi connectivity index (χ2n) is 4.54. The topological polar surface area (TPSA) is 113 Å². The Labute approximate surface area is 130 Å². The zero-order valence-corrected chi connectivity index (χ0v) is 13.6. The van der Waals surface area contributed by atoms with Gasteiger partial charge in [0.2, 0.25) is 0 Å². The minimum Gasteiger partial charge on any atom is -0.811 e. The van der Waals surface area contributed by atoms with Crippen molar-refractivity contribution in [2.75, 3.05) is 12.7 Å². The van der Waals surface area contributed by atoms with Crippen LogP contribution in [0.3, 0.4) is 0 Å². The van der Waals surface area contributed by atoms with E-state index in [1.54, 1.807) is 0 Å². The Kier molecular flexibility index (Phi) is 8.26. The molecule has 0 radical (unpaired) electrons. The molecule has 0 aromatic carbocycles. The van der Waals surface area contributed by atoms with Gasteiger partial charge in [0.15, 0.2) is 0 Å². The van der Waals surface area contributed by atoms with Crippen LogP contribution in [-0.4, -0.2) is 29.3 Å². The molecule has 0 unspecified atom stereocenters. The molecule has 1 aliphatic carbocycles. The van der Waals surface area contributed by atoms with Crippen LogP contribution in [0.15, 0.2) is 0 Å².